The second-order valence-corrected chi connectivity index (χ2v) is 4.66. The zero-order chi connectivity index (χ0) is 10.6. The largest absolute Gasteiger partial charge is 0.481 e. The van der Waals surface area contributed by atoms with Crippen LogP contribution in [0.5, 0.6) is 0 Å². The van der Waals surface area contributed by atoms with Gasteiger partial charge in [0.15, 0.2) is 0 Å². The summed E-state index contributed by atoms with van der Waals surface area (Å²) in [5.41, 5.74) is 0. The van der Waals surface area contributed by atoms with Crippen LogP contribution in [-0.4, -0.2) is 11.1 Å². The molecule has 0 aromatic carbocycles. The van der Waals surface area contributed by atoms with Gasteiger partial charge in [0, 0.05) is 0 Å². The molecule has 0 saturated heterocycles. The minimum absolute atomic E-state index is 0.0538. The first-order chi connectivity index (χ1) is 6.66. The Bertz CT molecular complexity index is 189. The number of hydrogen-bond acceptors (Lipinski definition) is 1. The maximum atomic E-state index is 11.0. The lowest BCUT2D eigenvalue weighted by Crippen LogP contribution is -2.21. The second kappa shape index (κ2) is 5.38. The summed E-state index contributed by atoms with van der Waals surface area (Å²) >= 11 is 0. The fourth-order valence-corrected chi connectivity index (χ4v) is 2.69. The molecule has 0 aromatic rings. The molecule has 1 rings (SSSR count). The summed E-state index contributed by atoms with van der Waals surface area (Å²) in [6.45, 7) is 4.40. The summed E-state index contributed by atoms with van der Waals surface area (Å²) in [6.07, 6.45) is 6.79. The Balaban J connectivity index is 2.41. The van der Waals surface area contributed by atoms with Crippen LogP contribution in [-0.2, 0) is 4.79 Å². The van der Waals surface area contributed by atoms with E-state index in [1.807, 2.05) is 0 Å². The molecule has 1 saturated carbocycles. The average molecular weight is 198 g/mol. The molecule has 14 heavy (non-hydrogen) atoms. The third-order valence-electron chi connectivity index (χ3n) is 3.64. The van der Waals surface area contributed by atoms with Crippen molar-refractivity contribution in [2.24, 2.45) is 17.8 Å². The predicted molar refractivity (Wildman–Crippen MR) is 57.2 cm³/mol. The van der Waals surface area contributed by atoms with E-state index < -0.39 is 5.97 Å². The van der Waals surface area contributed by atoms with Crippen LogP contribution in [0.4, 0.5) is 0 Å². The molecule has 3 unspecified atom stereocenters. The van der Waals surface area contributed by atoms with Crippen molar-refractivity contribution in [1.29, 1.82) is 0 Å². The normalized spacial score (nSPS) is 32.0. The molecule has 1 aliphatic rings. The van der Waals surface area contributed by atoms with Gasteiger partial charge in [-0.25, -0.2) is 0 Å². The van der Waals surface area contributed by atoms with Crippen molar-refractivity contribution in [3.8, 4) is 0 Å². The van der Waals surface area contributed by atoms with E-state index in [9.17, 15) is 4.79 Å². The van der Waals surface area contributed by atoms with Crippen molar-refractivity contribution >= 4 is 5.97 Å². The van der Waals surface area contributed by atoms with E-state index in [-0.39, 0.29) is 5.92 Å². The third kappa shape index (κ3) is 2.73. The zero-order valence-electron chi connectivity index (χ0n) is 9.33. The molecule has 3 atom stereocenters. The third-order valence-corrected chi connectivity index (χ3v) is 3.64. The van der Waals surface area contributed by atoms with Gasteiger partial charge in [0.2, 0.25) is 0 Å². The number of rotatable bonds is 5. The number of carboxylic acids is 1. The molecule has 1 fully saturated rings. The number of carboxylic acid groups (broad SMARTS) is 1. The fourth-order valence-electron chi connectivity index (χ4n) is 2.69. The van der Waals surface area contributed by atoms with Gasteiger partial charge in [-0.2, -0.15) is 0 Å². The summed E-state index contributed by atoms with van der Waals surface area (Å²) < 4.78 is 0. The van der Waals surface area contributed by atoms with Gasteiger partial charge in [-0.05, 0) is 31.1 Å². The maximum Gasteiger partial charge on any atom is 0.306 e. The molecule has 0 bridgehead atoms. The van der Waals surface area contributed by atoms with E-state index >= 15 is 0 Å². The first kappa shape index (κ1) is 11.5. The molecule has 2 nitrogen and oxygen atoms in total. The van der Waals surface area contributed by atoms with Crippen molar-refractivity contribution in [3.63, 3.8) is 0 Å². The first-order valence-corrected chi connectivity index (χ1v) is 5.89. The van der Waals surface area contributed by atoms with E-state index in [1.165, 1.54) is 19.3 Å². The molecule has 82 valence electrons. The van der Waals surface area contributed by atoms with Gasteiger partial charge in [0.05, 0.1) is 5.92 Å². The Morgan fingerprint density at radius 3 is 2.64 bits per heavy atom. The molecular weight excluding hydrogens is 176 g/mol. The van der Waals surface area contributed by atoms with Crippen LogP contribution in [0, 0.1) is 17.8 Å². The SMILES string of the molecule is CCCCCC1C(C)CCC1C(=O)O. The summed E-state index contributed by atoms with van der Waals surface area (Å²) in [5, 5.41) is 9.06. The lowest BCUT2D eigenvalue weighted by atomic mass is 9.86. The van der Waals surface area contributed by atoms with Gasteiger partial charge in [0.25, 0.3) is 0 Å². The van der Waals surface area contributed by atoms with Crippen LogP contribution in [0.25, 0.3) is 0 Å². The van der Waals surface area contributed by atoms with Crippen molar-refractivity contribution < 1.29 is 9.90 Å². The highest BCUT2D eigenvalue weighted by Gasteiger charge is 2.37. The van der Waals surface area contributed by atoms with Gasteiger partial charge < -0.3 is 5.11 Å². The average Bonchev–Trinajstić information content (AvgIpc) is 2.48. The van der Waals surface area contributed by atoms with Crippen LogP contribution >= 0.6 is 0 Å². The van der Waals surface area contributed by atoms with E-state index in [4.69, 9.17) is 5.11 Å². The van der Waals surface area contributed by atoms with E-state index in [2.05, 4.69) is 13.8 Å². The van der Waals surface area contributed by atoms with Gasteiger partial charge in [-0.1, -0.05) is 33.1 Å². The van der Waals surface area contributed by atoms with E-state index in [0.717, 1.165) is 19.3 Å². The molecule has 0 amide bonds. The number of carbonyl (C=O) groups is 1. The molecular formula is C12H22O2. The van der Waals surface area contributed by atoms with Crippen molar-refractivity contribution in [2.45, 2.75) is 52.4 Å². The lowest BCUT2D eigenvalue weighted by Gasteiger charge is -2.19. The van der Waals surface area contributed by atoms with Crippen LogP contribution < -0.4 is 0 Å². The Kier molecular flexibility index (Phi) is 4.43. The van der Waals surface area contributed by atoms with Crippen LogP contribution in [0.1, 0.15) is 52.4 Å². The van der Waals surface area contributed by atoms with Crippen molar-refractivity contribution in [2.75, 3.05) is 0 Å². The highest BCUT2D eigenvalue weighted by atomic mass is 16.4. The molecule has 0 radical (unpaired) electrons. The summed E-state index contributed by atoms with van der Waals surface area (Å²) in [6, 6.07) is 0. The molecule has 0 heterocycles. The Hall–Kier alpha value is -0.530. The predicted octanol–water partition coefficient (Wildman–Crippen LogP) is 3.31. The maximum absolute atomic E-state index is 11.0. The van der Waals surface area contributed by atoms with Crippen molar-refractivity contribution in [3.05, 3.63) is 0 Å². The fraction of sp³-hybridized carbons (Fsp3) is 0.917. The first-order valence-electron chi connectivity index (χ1n) is 5.89. The topological polar surface area (TPSA) is 37.3 Å². The molecule has 2 heteroatoms. The van der Waals surface area contributed by atoms with Crippen LogP contribution in [0.15, 0.2) is 0 Å². The highest BCUT2D eigenvalue weighted by molar-refractivity contribution is 5.70. The van der Waals surface area contributed by atoms with Crippen LogP contribution in [0.3, 0.4) is 0 Å². The van der Waals surface area contributed by atoms with Gasteiger partial charge in [0.1, 0.15) is 0 Å². The van der Waals surface area contributed by atoms with E-state index in [0.29, 0.717) is 11.8 Å². The monoisotopic (exact) mass is 198 g/mol. The lowest BCUT2D eigenvalue weighted by molar-refractivity contribution is -0.143. The Morgan fingerprint density at radius 1 is 1.36 bits per heavy atom. The summed E-state index contributed by atoms with van der Waals surface area (Å²) in [7, 11) is 0. The number of aliphatic carboxylic acids is 1. The molecule has 0 aliphatic heterocycles. The smallest absolute Gasteiger partial charge is 0.306 e. The highest BCUT2D eigenvalue weighted by Crippen LogP contribution is 2.40. The van der Waals surface area contributed by atoms with E-state index in [1.54, 1.807) is 0 Å². The van der Waals surface area contributed by atoms with Crippen LogP contribution in [0.2, 0.25) is 0 Å². The zero-order valence-corrected chi connectivity index (χ0v) is 9.33. The molecule has 0 aromatic heterocycles. The molecule has 1 N–H and O–H groups in total. The summed E-state index contributed by atoms with van der Waals surface area (Å²) in [4.78, 5) is 11.0. The Morgan fingerprint density at radius 2 is 2.07 bits per heavy atom. The molecule has 0 spiro atoms. The Labute approximate surface area is 86.7 Å². The number of hydrogen-bond donors (Lipinski definition) is 1. The molecule has 1 aliphatic carbocycles. The second-order valence-electron chi connectivity index (χ2n) is 4.66. The number of unbranched alkanes of at least 4 members (excludes halogenated alkanes) is 2. The summed E-state index contributed by atoms with van der Waals surface area (Å²) in [5.74, 6) is 0.435. The van der Waals surface area contributed by atoms with Gasteiger partial charge >= 0.3 is 5.97 Å². The van der Waals surface area contributed by atoms with Gasteiger partial charge in [-0.15, -0.1) is 0 Å². The van der Waals surface area contributed by atoms with Gasteiger partial charge in [-0.3, -0.25) is 4.79 Å². The quantitative estimate of drug-likeness (QED) is 0.688. The van der Waals surface area contributed by atoms with Crippen molar-refractivity contribution in [1.82, 2.24) is 0 Å². The minimum Gasteiger partial charge on any atom is -0.481 e. The standard InChI is InChI=1S/C12H22O2/c1-3-4-5-6-10-9(2)7-8-11(10)12(13)14/h9-11H,3-8H2,1-2H3,(H,13,14). The minimum atomic E-state index is -0.573.